The molecule has 1 aliphatic heterocycles. The Balaban J connectivity index is 1.29. The number of aromatic amines is 1. The van der Waals surface area contributed by atoms with Crippen LogP contribution in [0, 0.1) is 0 Å². The van der Waals surface area contributed by atoms with E-state index in [1.165, 1.54) is 23.1 Å². The fraction of sp³-hybridized carbons (Fsp3) is 0.304. The van der Waals surface area contributed by atoms with E-state index in [1.54, 1.807) is 6.07 Å². The first-order valence-electron chi connectivity index (χ1n) is 9.83. The number of alkyl halides is 3. The van der Waals surface area contributed by atoms with E-state index in [9.17, 15) is 13.2 Å². The summed E-state index contributed by atoms with van der Waals surface area (Å²) in [6.45, 7) is 2.57. The highest BCUT2D eigenvalue weighted by atomic mass is 35.5. The molecule has 30 heavy (non-hydrogen) atoms. The molecule has 0 spiro atoms. The van der Waals surface area contributed by atoms with Gasteiger partial charge in [-0.1, -0.05) is 41.9 Å². The number of rotatable bonds is 6. The first kappa shape index (κ1) is 21.3. The van der Waals surface area contributed by atoms with E-state index in [0.29, 0.717) is 5.56 Å². The number of fused-ring (bicyclic) bond motifs is 1. The Morgan fingerprint density at radius 3 is 2.73 bits per heavy atom. The van der Waals surface area contributed by atoms with Crippen molar-refractivity contribution in [1.82, 2.24) is 9.88 Å². The number of nitrogens with one attached hydrogen (secondary N) is 1. The van der Waals surface area contributed by atoms with Crippen LogP contribution in [0.2, 0.25) is 5.02 Å². The SMILES string of the molecule is FC(F)(F)c1cc(C2=CCN(CCSCc3c[nH]c4ccccc34)CC2)ccc1Cl. The van der Waals surface area contributed by atoms with Gasteiger partial charge in [-0.15, -0.1) is 0 Å². The molecule has 158 valence electrons. The Morgan fingerprint density at radius 2 is 1.97 bits per heavy atom. The third-order valence-corrected chi connectivity index (χ3v) is 6.74. The van der Waals surface area contributed by atoms with E-state index in [0.717, 1.165) is 48.7 Å². The van der Waals surface area contributed by atoms with Gasteiger partial charge in [0.05, 0.1) is 10.6 Å². The molecule has 0 saturated carbocycles. The molecule has 1 aromatic heterocycles. The van der Waals surface area contributed by atoms with Crippen LogP contribution >= 0.6 is 23.4 Å². The van der Waals surface area contributed by atoms with Crippen LogP contribution in [0.4, 0.5) is 13.2 Å². The van der Waals surface area contributed by atoms with Gasteiger partial charge in [0, 0.05) is 48.2 Å². The summed E-state index contributed by atoms with van der Waals surface area (Å²) in [5, 5.41) is 1.02. The highest BCUT2D eigenvalue weighted by Crippen LogP contribution is 2.37. The molecule has 0 amide bonds. The summed E-state index contributed by atoms with van der Waals surface area (Å²) in [5.41, 5.74) is 3.29. The van der Waals surface area contributed by atoms with Crippen molar-refractivity contribution in [3.63, 3.8) is 0 Å². The third kappa shape index (κ3) is 4.88. The molecule has 0 atom stereocenters. The summed E-state index contributed by atoms with van der Waals surface area (Å²) < 4.78 is 39.3. The molecule has 1 aliphatic rings. The predicted octanol–water partition coefficient (Wildman–Crippen LogP) is 6.86. The maximum absolute atomic E-state index is 13.1. The zero-order valence-electron chi connectivity index (χ0n) is 16.3. The summed E-state index contributed by atoms with van der Waals surface area (Å²) in [4.78, 5) is 5.64. The normalized spacial score (nSPS) is 15.5. The number of hydrogen-bond donors (Lipinski definition) is 1. The predicted molar refractivity (Wildman–Crippen MR) is 120 cm³/mol. The molecule has 2 nitrogen and oxygen atoms in total. The lowest BCUT2D eigenvalue weighted by atomic mass is 9.97. The van der Waals surface area contributed by atoms with E-state index in [-0.39, 0.29) is 5.02 Å². The Kier molecular flexibility index (Phi) is 6.46. The Hall–Kier alpha value is -1.89. The Morgan fingerprint density at radius 1 is 1.13 bits per heavy atom. The molecule has 0 radical (unpaired) electrons. The van der Waals surface area contributed by atoms with Crippen LogP contribution in [-0.2, 0) is 11.9 Å². The molecule has 7 heteroatoms. The van der Waals surface area contributed by atoms with Crippen molar-refractivity contribution >= 4 is 39.8 Å². The quantitative estimate of drug-likeness (QED) is 0.413. The highest BCUT2D eigenvalue weighted by molar-refractivity contribution is 7.98. The van der Waals surface area contributed by atoms with Gasteiger partial charge < -0.3 is 4.98 Å². The van der Waals surface area contributed by atoms with Gasteiger partial charge in [-0.05, 0) is 41.3 Å². The average molecular weight is 451 g/mol. The number of para-hydroxylation sites is 1. The molecule has 2 aromatic carbocycles. The van der Waals surface area contributed by atoms with Gasteiger partial charge in [0.1, 0.15) is 0 Å². The van der Waals surface area contributed by atoms with Crippen molar-refractivity contribution in [2.75, 3.05) is 25.4 Å². The van der Waals surface area contributed by atoms with Crippen LogP contribution in [0.15, 0.2) is 54.7 Å². The van der Waals surface area contributed by atoms with Crippen LogP contribution in [0.25, 0.3) is 16.5 Å². The summed E-state index contributed by atoms with van der Waals surface area (Å²) >= 11 is 7.63. The van der Waals surface area contributed by atoms with Crippen LogP contribution in [-0.4, -0.2) is 35.3 Å². The van der Waals surface area contributed by atoms with Crippen LogP contribution < -0.4 is 0 Å². The lowest BCUT2D eigenvalue weighted by Gasteiger charge is -2.26. The minimum absolute atomic E-state index is 0.253. The lowest BCUT2D eigenvalue weighted by Crippen LogP contribution is -2.30. The maximum Gasteiger partial charge on any atom is 0.417 e. The van der Waals surface area contributed by atoms with E-state index >= 15 is 0 Å². The summed E-state index contributed by atoms with van der Waals surface area (Å²) in [5.74, 6) is 1.98. The minimum atomic E-state index is -4.43. The topological polar surface area (TPSA) is 19.0 Å². The third-order valence-electron chi connectivity index (χ3n) is 5.42. The summed E-state index contributed by atoms with van der Waals surface area (Å²) in [7, 11) is 0. The molecule has 0 saturated heterocycles. The molecule has 3 aromatic rings. The van der Waals surface area contributed by atoms with Crippen molar-refractivity contribution in [3.05, 3.63) is 76.5 Å². The number of benzene rings is 2. The van der Waals surface area contributed by atoms with Crippen LogP contribution in [0.1, 0.15) is 23.1 Å². The average Bonchev–Trinajstić information content (AvgIpc) is 3.14. The fourth-order valence-corrected chi connectivity index (χ4v) is 4.96. The molecule has 0 bridgehead atoms. The zero-order chi connectivity index (χ0) is 21.1. The van der Waals surface area contributed by atoms with Crippen LogP contribution in [0.3, 0.4) is 0 Å². The molecular weight excluding hydrogens is 429 g/mol. The zero-order valence-corrected chi connectivity index (χ0v) is 17.9. The number of aromatic nitrogens is 1. The molecule has 0 fully saturated rings. The van der Waals surface area contributed by atoms with Crippen molar-refractivity contribution < 1.29 is 13.2 Å². The Labute approximate surface area is 183 Å². The first-order chi connectivity index (χ1) is 14.4. The van der Waals surface area contributed by atoms with Crippen molar-refractivity contribution in [3.8, 4) is 0 Å². The summed E-state index contributed by atoms with van der Waals surface area (Å²) in [6, 6.07) is 12.5. The molecular formula is C23H22ClF3N2S. The number of thioether (sulfide) groups is 1. The lowest BCUT2D eigenvalue weighted by molar-refractivity contribution is -0.137. The van der Waals surface area contributed by atoms with Gasteiger partial charge in [0.15, 0.2) is 0 Å². The van der Waals surface area contributed by atoms with E-state index in [1.807, 2.05) is 23.9 Å². The van der Waals surface area contributed by atoms with Crippen LogP contribution in [0.5, 0.6) is 0 Å². The van der Waals surface area contributed by atoms with Gasteiger partial charge in [-0.25, -0.2) is 0 Å². The number of hydrogen-bond acceptors (Lipinski definition) is 2. The van der Waals surface area contributed by atoms with Crippen molar-refractivity contribution in [2.45, 2.75) is 18.3 Å². The van der Waals surface area contributed by atoms with Crippen molar-refractivity contribution in [1.29, 1.82) is 0 Å². The van der Waals surface area contributed by atoms with E-state index in [2.05, 4.69) is 34.3 Å². The standard InChI is InChI=1S/C23H22ClF3N2S/c24-21-6-5-17(13-20(21)23(25,26)27)16-7-9-29(10-8-16)11-12-30-15-18-14-28-22-4-2-1-3-19(18)22/h1-7,13-14,28H,8-12,15H2. The minimum Gasteiger partial charge on any atom is -0.361 e. The maximum atomic E-state index is 13.1. The number of nitrogens with zero attached hydrogens (tertiary/aromatic N) is 1. The van der Waals surface area contributed by atoms with Gasteiger partial charge in [0.2, 0.25) is 0 Å². The second-order valence-electron chi connectivity index (χ2n) is 7.38. The van der Waals surface area contributed by atoms with Gasteiger partial charge in [-0.3, -0.25) is 4.90 Å². The monoisotopic (exact) mass is 450 g/mol. The molecule has 2 heterocycles. The first-order valence-corrected chi connectivity index (χ1v) is 11.4. The summed E-state index contributed by atoms with van der Waals surface area (Å²) in [6.07, 6.45) is 0.425. The number of halogens is 4. The second kappa shape index (κ2) is 9.08. The largest absolute Gasteiger partial charge is 0.417 e. The van der Waals surface area contributed by atoms with Gasteiger partial charge in [-0.2, -0.15) is 24.9 Å². The van der Waals surface area contributed by atoms with Gasteiger partial charge in [0.25, 0.3) is 0 Å². The number of H-pyrrole nitrogens is 1. The van der Waals surface area contributed by atoms with Crippen molar-refractivity contribution in [2.24, 2.45) is 0 Å². The fourth-order valence-electron chi connectivity index (χ4n) is 3.75. The smallest absolute Gasteiger partial charge is 0.361 e. The molecule has 4 rings (SSSR count). The molecule has 0 unspecified atom stereocenters. The van der Waals surface area contributed by atoms with E-state index in [4.69, 9.17) is 11.6 Å². The Bertz CT molecular complexity index is 1060. The highest BCUT2D eigenvalue weighted by Gasteiger charge is 2.33. The molecule has 1 N–H and O–H groups in total. The second-order valence-corrected chi connectivity index (χ2v) is 8.90. The van der Waals surface area contributed by atoms with Gasteiger partial charge >= 0.3 is 6.18 Å². The molecule has 0 aliphatic carbocycles. The van der Waals surface area contributed by atoms with E-state index < -0.39 is 11.7 Å².